The van der Waals surface area contributed by atoms with Crippen molar-refractivity contribution in [3.8, 4) is 0 Å². The monoisotopic (exact) mass is 438 g/mol. The van der Waals surface area contributed by atoms with Crippen molar-refractivity contribution in [2.75, 3.05) is 57.3 Å². The first kappa shape index (κ1) is 22.7. The molecule has 2 saturated heterocycles. The molecule has 172 valence electrons. The number of piperazine rings is 1. The second-order valence-electron chi connectivity index (χ2n) is 9.21. The first-order chi connectivity index (χ1) is 15.5. The van der Waals surface area contributed by atoms with Gasteiger partial charge in [-0.25, -0.2) is 4.39 Å². The predicted octanol–water partition coefficient (Wildman–Crippen LogP) is 3.70. The van der Waals surface area contributed by atoms with Crippen LogP contribution in [0.15, 0.2) is 48.5 Å². The third-order valence-corrected chi connectivity index (χ3v) is 6.72. The maximum Gasteiger partial charge on any atom is 0.253 e. The molecule has 0 aliphatic carbocycles. The van der Waals surface area contributed by atoms with Gasteiger partial charge < -0.3 is 9.80 Å². The van der Waals surface area contributed by atoms with E-state index in [1.54, 1.807) is 0 Å². The second-order valence-corrected chi connectivity index (χ2v) is 9.21. The molecule has 0 saturated carbocycles. The summed E-state index contributed by atoms with van der Waals surface area (Å²) in [5.74, 6) is -0.0879. The molecule has 2 heterocycles. The van der Waals surface area contributed by atoms with Crippen LogP contribution in [-0.4, -0.2) is 79.0 Å². The number of carbonyl (C=O) groups excluding carboxylic acids is 1. The first-order valence-corrected chi connectivity index (χ1v) is 11.8. The van der Waals surface area contributed by atoms with Crippen LogP contribution in [0.2, 0.25) is 0 Å². The van der Waals surface area contributed by atoms with Gasteiger partial charge in [-0.3, -0.25) is 14.6 Å². The minimum atomic E-state index is -0.203. The lowest BCUT2D eigenvalue weighted by Crippen LogP contribution is -2.48. The van der Waals surface area contributed by atoms with Gasteiger partial charge >= 0.3 is 0 Å². The molecule has 2 aliphatic heterocycles. The highest BCUT2D eigenvalue weighted by Crippen LogP contribution is 2.20. The highest BCUT2D eigenvalue weighted by Gasteiger charge is 2.22. The Balaban J connectivity index is 1.30. The zero-order chi connectivity index (χ0) is 22.5. The fourth-order valence-electron chi connectivity index (χ4n) is 4.67. The molecule has 0 unspecified atom stereocenters. The Morgan fingerprint density at radius 3 is 2.19 bits per heavy atom. The topological polar surface area (TPSA) is 30.0 Å². The van der Waals surface area contributed by atoms with Crippen molar-refractivity contribution in [3.63, 3.8) is 0 Å². The molecular weight excluding hydrogens is 403 g/mol. The normalized spacial score (nSPS) is 18.8. The van der Waals surface area contributed by atoms with Crippen molar-refractivity contribution in [1.29, 1.82) is 0 Å². The van der Waals surface area contributed by atoms with E-state index in [0.29, 0.717) is 6.04 Å². The van der Waals surface area contributed by atoms with Gasteiger partial charge in [-0.15, -0.1) is 0 Å². The molecule has 0 spiro atoms. The van der Waals surface area contributed by atoms with E-state index >= 15 is 0 Å². The minimum absolute atomic E-state index is 0.116. The largest absolute Gasteiger partial charge is 0.369 e. The van der Waals surface area contributed by atoms with Gasteiger partial charge in [0.1, 0.15) is 5.82 Å². The van der Waals surface area contributed by atoms with E-state index in [2.05, 4.69) is 40.7 Å². The molecule has 0 atom stereocenters. The lowest BCUT2D eigenvalue weighted by Gasteiger charge is -2.38. The van der Waals surface area contributed by atoms with E-state index < -0.39 is 0 Å². The Bertz CT molecular complexity index is 876. The smallest absolute Gasteiger partial charge is 0.253 e. The van der Waals surface area contributed by atoms with E-state index in [-0.39, 0.29) is 11.7 Å². The maximum absolute atomic E-state index is 13.1. The van der Waals surface area contributed by atoms with E-state index in [1.807, 2.05) is 29.2 Å². The predicted molar refractivity (Wildman–Crippen MR) is 128 cm³/mol. The average Bonchev–Trinajstić information content (AvgIpc) is 3.06. The van der Waals surface area contributed by atoms with Crippen LogP contribution >= 0.6 is 0 Å². The van der Waals surface area contributed by atoms with Crippen LogP contribution in [0.5, 0.6) is 0 Å². The van der Waals surface area contributed by atoms with E-state index in [4.69, 9.17) is 0 Å². The third kappa shape index (κ3) is 5.67. The Hall–Kier alpha value is -2.44. The molecule has 2 aliphatic rings. The summed E-state index contributed by atoms with van der Waals surface area (Å²) in [5.41, 5.74) is 3.07. The number of rotatable bonds is 5. The first-order valence-electron chi connectivity index (χ1n) is 11.8. The molecule has 2 fully saturated rings. The van der Waals surface area contributed by atoms with Crippen LogP contribution in [0.4, 0.5) is 10.1 Å². The molecule has 0 N–H and O–H groups in total. The summed E-state index contributed by atoms with van der Waals surface area (Å²) in [7, 11) is 0. The van der Waals surface area contributed by atoms with Crippen LogP contribution in [0.25, 0.3) is 0 Å². The zero-order valence-corrected chi connectivity index (χ0v) is 19.3. The van der Waals surface area contributed by atoms with Gasteiger partial charge in [0.15, 0.2) is 0 Å². The molecule has 6 heteroatoms. The van der Waals surface area contributed by atoms with Crippen molar-refractivity contribution in [1.82, 2.24) is 14.7 Å². The van der Waals surface area contributed by atoms with Crippen molar-refractivity contribution >= 4 is 11.6 Å². The van der Waals surface area contributed by atoms with Gasteiger partial charge in [-0.05, 0) is 62.2 Å². The van der Waals surface area contributed by atoms with Crippen molar-refractivity contribution in [2.24, 2.45) is 0 Å². The summed E-state index contributed by atoms with van der Waals surface area (Å²) >= 11 is 0. The number of halogens is 1. The average molecular weight is 439 g/mol. The molecule has 0 aromatic heterocycles. The highest BCUT2D eigenvalue weighted by molar-refractivity contribution is 5.94. The van der Waals surface area contributed by atoms with Crippen LogP contribution in [-0.2, 0) is 6.54 Å². The summed E-state index contributed by atoms with van der Waals surface area (Å²) in [6.07, 6.45) is 0.950. The zero-order valence-electron chi connectivity index (χ0n) is 19.3. The summed E-state index contributed by atoms with van der Waals surface area (Å²) < 4.78 is 13.1. The van der Waals surface area contributed by atoms with E-state index in [0.717, 1.165) is 76.5 Å². The Kier molecular flexibility index (Phi) is 7.43. The van der Waals surface area contributed by atoms with Gasteiger partial charge in [-0.2, -0.15) is 0 Å². The molecule has 2 aromatic rings. The van der Waals surface area contributed by atoms with Crippen LogP contribution in [0.3, 0.4) is 0 Å². The number of anilines is 1. The standard InChI is InChI=1S/C26H35FN4O/c1-21(2)29-16-18-30(19-17-29)25-10-6-23(7-11-25)26(32)31-13-3-12-28(14-15-31)20-22-4-8-24(27)9-5-22/h4-11,21H,3,12-20H2,1-2H3. The molecule has 32 heavy (non-hydrogen) atoms. The fraction of sp³-hybridized carbons (Fsp3) is 0.500. The summed E-state index contributed by atoms with van der Waals surface area (Å²) in [5, 5.41) is 0. The molecule has 0 bridgehead atoms. The van der Waals surface area contributed by atoms with Gasteiger partial charge in [0.25, 0.3) is 5.91 Å². The van der Waals surface area contributed by atoms with Crippen LogP contribution < -0.4 is 4.90 Å². The maximum atomic E-state index is 13.1. The fourth-order valence-corrected chi connectivity index (χ4v) is 4.67. The van der Waals surface area contributed by atoms with Gasteiger partial charge in [0.05, 0.1) is 0 Å². The SMILES string of the molecule is CC(C)N1CCN(c2ccc(C(=O)N3CCCN(Cc4ccc(F)cc4)CC3)cc2)CC1. The Morgan fingerprint density at radius 2 is 1.53 bits per heavy atom. The van der Waals surface area contributed by atoms with Crippen LogP contribution in [0, 0.1) is 5.82 Å². The van der Waals surface area contributed by atoms with Gasteiger partial charge in [-0.1, -0.05) is 12.1 Å². The van der Waals surface area contributed by atoms with E-state index in [9.17, 15) is 9.18 Å². The van der Waals surface area contributed by atoms with Gasteiger partial charge in [0.2, 0.25) is 0 Å². The molecule has 1 amide bonds. The number of hydrogen-bond donors (Lipinski definition) is 0. The Morgan fingerprint density at radius 1 is 0.844 bits per heavy atom. The molecule has 4 rings (SSSR count). The highest BCUT2D eigenvalue weighted by atomic mass is 19.1. The number of benzene rings is 2. The van der Waals surface area contributed by atoms with Crippen molar-refractivity contribution in [3.05, 3.63) is 65.5 Å². The second kappa shape index (κ2) is 10.5. The van der Waals surface area contributed by atoms with Crippen molar-refractivity contribution < 1.29 is 9.18 Å². The molecule has 2 aromatic carbocycles. The molecule has 0 radical (unpaired) electrons. The summed E-state index contributed by atoms with van der Waals surface area (Å²) in [6, 6.07) is 15.4. The quantitative estimate of drug-likeness (QED) is 0.712. The van der Waals surface area contributed by atoms with Crippen LogP contribution in [0.1, 0.15) is 36.2 Å². The number of hydrogen-bond acceptors (Lipinski definition) is 4. The lowest BCUT2D eigenvalue weighted by atomic mass is 10.1. The van der Waals surface area contributed by atoms with Gasteiger partial charge in [0, 0.05) is 76.2 Å². The summed E-state index contributed by atoms with van der Waals surface area (Å²) in [6.45, 7) is 12.8. The summed E-state index contributed by atoms with van der Waals surface area (Å²) in [4.78, 5) is 22.3. The minimum Gasteiger partial charge on any atom is -0.369 e. The number of nitrogens with zero attached hydrogens (tertiary/aromatic N) is 4. The molecule has 5 nitrogen and oxygen atoms in total. The number of amides is 1. The lowest BCUT2D eigenvalue weighted by molar-refractivity contribution is 0.0761. The third-order valence-electron chi connectivity index (χ3n) is 6.72. The molecular formula is C26H35FN4O. The number of carbonyl (C=O) groups is 1. The Labute approximate surface area is 191 Å². The van der Waals surface area contributed by atoms with E-state index in [1.165, 1.54) is 17.8 Å². The van der Waals surface area contributed by atoms with Crippen molar-refractivity contribution in [2.45, 2.75) is 32.9 Å².